The molecule has 3 unspecified atom stereocenters. The first-order chi connectivity index (χ1) is 7.02. The lowest BCUT2D eigenvalue weighted by molar-refractivity contribution is -0.147. The molecule has 15 heavy (non-hydrogen) atoms. The van der Waals surface area contributed by atoms with Gasteiger partial charge in [-0.25, -0.2) is 5.84 Å². The second-order valence-electron chi connectivity index (χ2n) is 4.14. The second kappa shape index (κ2) is 5.44. The fourth-order valence-corrected chi connectivity index (χ4v) is 1.92. The van der Waals surface area contributed by atoms with Gasteiger partial charge in [-0.3, -0.25) is 10.2 Å². The minimum Gasteiger partial charge on any atom is -0.375 e. The topological polar surface area (TPSA) is 73.6 Å². The molecular weight excluding hydrogens is 196 g/mol. The molecule has 1 saturated heterocycles. The maximum absolute atomic E-state index is 11.2. The van der Waals surface area contributed by atoms with Gasteiger partial charge in [-0.1, -0.05) is 0 Å². The van der Waals surface area contributed by atoms with E-state index >= 15 is 0 Å². The standard InChI is InChI=1S/C10H20N2O3/c1-6-4-9(5-7(2)14-6)15-8(3)10(13)12-11/h6-9H,4-5,11H2,1-3H3,(H,12,13). The van der Waals surface area contributed by atoms with Gasteiger partial charge in [0.05, 0.1) is 18.3 Å². The van der Waals surface area contributed by atoms with Crippen molar-refractivity contribution in [1.82, 2.24) is 5.43 Å². The van der Waals surface area contributed by atoms with Crippen LogP contribution in [0.5, 0.6) is 0 Å². The Labute approximate surface area is 90.3 Å². The minimum absolute atomic E-state index is 0.0797. The van der Waals surface area contributed by atoms with Crippen molar-refractivity contribution in [3.63, 3.8) is 0 Å². The van der Waals surface area contributed by atoms with Gasteiger partial charge in [0.2, 0.25) is 0 Å². The average molecular weight is 216 g/mol. The van der Waals surface area contributed by atoms with Crippen molar-refractivity contribution in [2.24, 2.45) is 5.84 Å². The summed E-state index contributed by atoms with van der Waals surface area (Å²) in [4.78, 5) is 11.2. The molecule has 1 rings (SSSR count). The normalized spacial score (nSPS) is 33.5. The molecule has 0 aromatic carbocycles. The van der Waals surface area contributed by atoms with Gasteiger partial charge in [-0.15, -0.1) is 0 Å². The Morgan fingerprint density at radius 1 is 1.47 bits per heavy atom. The van der Waals surface area contributed by atoms with Crippen LogP contribution in [0.2, 0.25) is 0 Å². The van der Waals surface area contributed by atoms with Gasteiger partial charge in [0.15, 0.2) is 0 Å². The number of hydrogen-bond acceptors (Lipinski definition) is 4. The quantitative estimate of drug-likeness (QED) is 0.405. The SMILES string of the molecule is CC1CC(OC(C)C(=O)NN)CC(C)O1. The van der Waals surface area contributed by atoms with E-state index < -0.39 is 6.10 Å². The summed E-state index contributed by atoms with van der Waals surface area (Å²) in [5.74, 6) is 4.74. The van der Waals surface area contributed by atoms with Crippen molar-refractivity contribution >= 4 is 5.91 Å². The Kier molecular flexibility index (Phi) is 4.50. The molecule has 3 N–H and O–H groups in total. The van der Waals surface area contributed by atoms with Gasteiger partial charge < -0.3 is 9.47 Å². The number of carbonyl (C=O) groups is 1. The van der Waals surface area contributed by atoms with Crippen molar-refractivity contribution in [2.75, 3.05) is 0 Å². The Balaban J connectivity index is 2.40. The summed E-state index contributed by atoms with van der Waals surface area (Å²) in [5, 5.41) is 0. The Bertz CT molecular complexity index is 213. The summed E-state index contributed by atoms with van der Waals surface area (Å²) in [6.07, 6.45) is 1.60. The molecule has 88 valence electrons. The summed E-state index contributed by atoms with van der Waals surface area (Å²) >= 11 is 0. The molecule has 1 fully saturated rings. The van der Waals surface area contributed by atoms with Gasteiger partial charge >= 0.3 is 0 Å². The lowest BCUT2D eigenvalue weighted by atomic mass is 10.0. The van der Waals surface area contributed by atoms with Gasteiger partial charge in [0, 0.05) is 0 Å². The average Bonchev–Trinajstić information content (AvgIpc) is 2.14. The van der Waals surface area contributed by atoms with Crippen molar-refractivity contribution in [3.05, 3.63) is 0 Å². The lowest BCUT2D eigenvalue weighted by Gasteiger charge is -2.33. The van der Waals surface area contributed by atoms with Crippen molar-refractivity contribution in [2.45, 2.75) is 58.0 Å². The maximum atomic E-state index is 11.2. The van der Waals surface area contributed by atoms with Crippen LogP contribution < -0.4 is 11.3 Å². The van der Waals surface area contributed by atoms with Gasteiger partial charge in [0.25, 0.3) is 5.91 Å². The number of nitrogens with one attached hydrogen (secondary N) is 1. The van der Waals surface area contributed by atoms with Crippen molar-refractivity contribution in [1.29, 1.82) is 0 Å². The molecule has 5 nitrogen and oxygen atoms in total. The van der Waals surface area contributed by atoms with Crippen LogP contribution in [0, 0.1) is 0 Å². The summed E-state index contributed by atoms with van der Waals surface area (Å²) < 4.78 is 11.2. The van der Waals surface area contributed by atoms with Gasteiger partial charge in [-0.2, -0.15) is 0 Å². The molecule has 0 aromatic heterocycles. The molecule has 0 bridgehead atoms. The molecule has 0 radical (unpaired) electrons. The van der Waals surface area contributed by atoms with E-state index in [4.69, 9.17) is 15.3 Å². The van der Waals surface area contributed by atoms with Crippen LogP contribution in [-0.2, 0) is 14.3 Å². The predicted molar refractivity (Wildman–Crippen MR) is 55.9 cm³/mol. The van der Waals surface area contributed by atoms with E-state index in [1.165, 1.54) is 0 Å². The molecule has 1 aliphatic heterocycles. The van der Waals surface area contributed by atoms with E-state index in [2.05, 4.69) is 5.43 Å². The first kappa shape index (κ1) is 12.4. The van der Waals surface area contributed by atoms with E-state index in [1.807, 2.05) is 13.8 Å². The molecule has 3 atom stereocenters. The van der Waals surface area contributed by atoms with Gasteiger partial charge in [0.1, 0.15) is 6.10 Å². The molecule has 0 aromatic rings. The smallest absolute Gasteiger partial charge is 0.262 e. The number of ether oxygens (including phenoxy) is 2. The van der Waals surface area contributed by atoms with E-state index in [0.29, 0.717) is 0 Å². The Morgan fingerprint density at radius 3 is 2.47 bits per heavy atom. The lowest BCUT2D eigenvalue weighted by Crippen LogP contribution is -2.43. The predicted octanol–water partition coefficient (Wildman–Crippen LogP) is 0.337. The first-order valence-electron chi connectivity index (χ1n) is 5.34. The molecular formula is C10H20N2O3. The highest BCUT2D eigenvalue weighted by Crippen LogP contribution is 2.22. The van der Waals surface area contributed by atoms with Crippen LogP contribution in [0.4, 0.5) is 0 Å². The largest absolute Gasteiger partial charge is 0.375 e. The number of hydrogen-bond donors (Lipinski definition) is 2. The van der Waals surface area contributed by atoms with E-state index in [0.717, 1.165) is 12.8 Å². The molecule has 0 saturated carbocycles. The fourth-order valence-electron chi connectivity index (χ4n) is 1.92. The van der Waals surface area contributed by atoms with Crippen LogP contribution in [0.15, 0.2) is 0 Å². The second-order valence-corrected chi connectivity index (χ2v) is 4.14. The monoisotopic (exact) mass is 216 g/mol. The third-order valence-electron chi connectivity index (χ3n) is 2.56. The van der Waals surface area contributed by atoms with Crippen molar-refractivity contribution in [3.8, 4) is 0 Å². The fraction of sp³-hybridized carbons (Fsp3) is 0.900. The Hall–Kier alpha value is -0.650. The van der Waals surface area contributed by atoms with E-state index in [-0.39, 0.29) is 24.2 Å². The highest BCUT2D eigenvalue weighted by Gasteiger charge is 2.27. The molecule has 0 aliphatic carbocycles. The Morgan fingerprint density at radius 2 is 2.00 bits per heavy atom. The zero-order valence-electron chi connectivity index (χ0n) is 9.53. The number of hydrazine groups is 1. The summed E-state index contributed by atoms with van der Waals surface area (Å²) in [6, 6.07) is 0. The summed E-state index contributed by atoms with van der Waals surface area (Å²) in [6.45, 7) is 5.73. The first-order valence-corrected chi connectivity index (χ1v) is 5.34. The molecule has 5 heteroatoms. The third-order valence-corrected chi connectivity index (χ3v) is 2.56. The highest BCUT2D eigenvalue weighted by molar-refractivity contribution is 5.79. The van der Waals surface area contributed by atoms with Crippen LogP contribution >= 0.6 is 0 Å². The number of amides is 1. The summed E-state index contributed by atoms with van der Waals surface area (Å²) in [7, 11) is 0. The number of rotatable bonds is 3. The zero-order valence-corrected chi connectivity index (χ0v) is 9.53. The van der Waals surface area contributed by atoms with E-state index in [1.54, 1.807) is 6.92 Å². The molecule has 1 amide bonds. The highest BCUT2D eigenvalue weighted by atomic mass is 16.5. The van der Waals surface area contributed by atoms with Crippen LogP contribution in [-0.4, -0.2) is 30.3 Å². The van der Waals surface area contributed by atoms with Gasteiger partial charge in [-0.05, 0) is 33.6 Å². The number of carbonyl (C=O) groups excluding carboxylic acids is 1. The molecule has 0 spiro atoms. The summed E-state index contributed by atoms with van der Waals surface area (Å²) in [5.41, 5.74) is 2.08. The minimum atomic E-state index is -0.502. The van der Waals surface area contributed by atoms with Crippen LogP contribution in [0.25, 0.3) is 0 Å². The zero-order chi connectivity index (χ0) is 11.4. The third kappa shape index (κ3) is 3.77. The van der Waals surface area contributed by atoms with Crippen LogP contribution in [0.1, 0.15) is 33.6 Å². The molecule has 1 heterocycles. The van der Waals surface area contributed by atoms with Crippen molar-refractivity contribution < 1.29 is 14.3 Å². The number of nitrogens with two attached hydrogens (primary N) is 1. The molecule has 1 aliphatic rings. The van der Waals surface area contributed by atoms with E-state index in [9.17, 15) is 4.79 Å². The maximum Gasteiger partial charge on any atom is 0.262 e. The van der Waals surface area contributed by atoms with Crippen LogP contribution in [0.3, 0.4) is 0 Å².